The third-order valence-electron chi connectivity index (χ3n) is 2.22. The Morgan fingerprint density at radius 1 is 1.50 bits per heavy atom. The zero-order chi connectivity index (χ0) is 12.8. The Bertz CT molecular complexity index is 535. The van der Waals surface area contributed by atoms with E-state index in [-0.39, 0.29) is 5.91 Å². The van der Waals surface area contributed by atoms with Gasteiger partial charge in [-0.05, 0) is 12.1 Å². The Kier molecular flexibility index (Phi) is 3.76. The van der Waals surface area contributed by atoms with Crippen molar-refractivity contribution in [3.8, 4) is 5.75 Å². The highest BCUT2D eigenvalue weighted by Gasteiger charge is 2.12. The molecule has 0 spiro atoms. The number of carbonyl (C=O) groups excluding carboxylic acids is 1. The summed E-state index contributed by atoms with van der Waals surface area (Å²) in [7, 11) is 0. The van der Waals surface area contributed by atoms with E-state index < -0.39 is 0 Å². The number of imidazole rings is 1. The van der Waals surface area contributed by atoms with Crippen LogP contribution in [0.25, 0.3) is 0 Å². The number of anilines is 1. The molecule has 0 bridgehead atoms. The molecule has 1 amide bonds. The first-order valence-corrected chi connectivity index (χ1v) is 5.44. The lowest BCUT2D eigenvalue weighted by molar-refractivity contribution is 0.102. The molecule has 1 aromatic carbocycles. The maximum absolute atomic E-state index is 12.0. The zero-order valence-electron chi connectivity index (χ0n) is 9.72. The van der Waals surface area contributed by atoms with Crippen LogP contribution >= 0.6 is 0 Å². The number of carbonyl (C=O) groups is 1. The standard InChI is InChI=1S/C13H13N3O2/c1-2-9-18-11-6-4-3-5-10(11)12(17)16-13-14-7-8-15-13/h2-8H,1,9H2,(H2,14,15,16,17). The molecule has 2 aromatic rings. The summed E-state index contributed by atoms with van der Waals surface area (Å²) in [5.74, 6) is 0.643. The highest BCUT2D eigenvalue weighted by molar-refractivity contribution is 6.05. The lowest BCUT2D eigenvalue weighted by Crippen LogP contribution is -2.14. The van der Waals surface area contributed by atoms with Crippen molar-refractivity contribution in [2.45, 2.75) is 0 Å². The number of nitrogens with zero attached hydrogens (tertiary/aromatic N) is 1. The normalized spacial score (nSPS) is 9.78. The van der Waals surface area contributed by atoms with Crippen LogP contribution in [-0.2, 0) is 0 Å². The van der Waals surface area contributed by atoms with Gasteiger partial charge in [-0.2, -0.15) is 0 Å². The van der Waals surface area contributed by atoms with Crippen LogP contribution in [-0.4, -0.2) is 22.5 Å². The van der Waals surface area contributed by atoms with Crippen LogP contribution in [0.5, 0.6) is 5.75 Å². The van der Waals surface area contributed by atoms with Crippen molar-refractivity contribution in [1.29, 1.82) is 0 Å². The van der Waals surface area contributed by atoms with Crippen LogP contribution in [0.15, 0.2) is 49.3 Å². The first-order valence-electron chi connectivity index (χ1n) is 5.44. The fourth-order valence-electron chi connectivity index (χ4n) is 1.44. The van der Waals surface area contributed by atoms with Gasteiger partial charge < -0.3 is 9.72 Å². The van der Waals surface area contributed by atoms with Gasteiger partial charge in [0.2, 0.25) is 5.95 Å². The Labute approximate surface area is 105 Å². The molecule has 0 radical (unpaired) electrons. The van der Waals surface area contributed by atoms with E-state index in [0.29, 0.717) is 23.9 Å². The highest BCUT2D eigenvalue weighted by Crippen LogP contribution is 2.18. The lowest BCUT2D eigenvalue weighted by Gasteiger charge is -2.09. The van der Waals surface area contributed by atoms with Gasteiger partial charge in [0.15, 0.2) is 0 Å². The Hall–Kier alpha value is -2.56. The van der Waals surface area contributed by atoms with Crippen LogP contribution in [0.2, 0.25) is 0 Å². The first-order chi connectivity index (χ1) is 8.81. The Morgan fingerprint density at radius 3 is 3.06 bits per heavy atom. The minimum Gasteiger partial charge on any atom is -0.489 e. The SMILES string of the molecule is C=CCOc1ccccc1C(=O)Nc1ncc[nH]1. The van der Waals surface area contributed by atoms with E-state index in [2.05, 4.69) is 21.9 Å². The number of benzene rings is 1. The van der Waals surface area contributed by atoms with Gasteiger partial charge >= 0.3 is 0 Å². The fourth-order valence-corrected chi connectivity index (χ4v) is 1.44. The molecular formula is C13H13N3O2. The summed E-state index contributed by atoms with van der Waals surface area (Å²) in [4.78, 5) is 18.7. The summed E-state index contributed by atoms with van der Waals surface area (Å²) in [5, 5.41) is 2.64. The topological polar surface area (TPSA) is 67.0 Å². The van der Waals surface area contributed by atoms with E-state index >= 15 is 0 Å². The molecule has 1 heterocycles. The molecule has 18 heavy (non-hydrogen) atoms. The van der Waals surface area contributed by atoms with Crippen LogP contribution < -0.4 is 10.1 Å². The molecule has 2 rings (SSSR count). The molecule has 0 saturated heterocycles. The van der Waals surface area contributed by atoms with Gasteiger partial charge in [-0.3, -0.25) is 10.1 Å². The van der Waals surface area contributed by atoms with Crippen LogP contribution in [0, 0.1) is 0 Å². The molecule has 0 aliphatic heterocycles. The number of nitrogens with one attached hydrogen (secondary N) is 2. The molecule has 92 valence electrons. The largest absolute Gasteiger partial charge is 0.489 e. The van der Waals surface area contributed by atoms with Gasteiger partial charge in [-0.1, -0.05) is 24.8 Å². The van der Waals surface area contributed by atoms with Gasteiger partial charge in [0, 0.05) is 12.4 Å². The average Bonchev–Trinajstić information content (AvgIpc) is 2.89. The number of para-hydroxylation sites is 1. The molecule has 2 N–H and O–H groups in total. The van der Waals surface area contributed by atoms with Gasteiger partial charge in [-0.15, -0.1) is 0 Å². The lowest BCUT2D eigenvalue weighted by atomic mass is 10.2. The molecular weight excluding hydrogens is 230 g/mol. The van der Waals surface area contributed by atoms with Crippen LogP contribution in [0.1, 0.15) is 10.4 Å². The maximum atomic E-state index is 12.0. The number of rotatable bonds is 5. The highest BCUT2D eigenvalue weighted by atomic mass is 16.5. The molecule has 0 saturated carbocycles. The van der Waals surface area contributed by atoms with E-state index in [9.17, 15) is 4.79 Å². The van der Waals surface area contributed by atoms with Gasteiger partial charge in [0.05, 0.1) is 5.56 Å². The van der Waals surface area contributed by atoms with Crippen LogP contribution in [0.4, 0.5) is 5.95 Å². The molecule has 0 atom stereocenters. The molecule has 0 fully saturated rings. The molecule has 0 aliphatic rings. The van der Waals surface area contributed by atoms with Crippen molar-refractivity contribution in [1.82, 2.24) is 9.97 Å². The van der Waals surface area contributed by atoms with Crippen molar-refractivity contribution >= 4 is 11.9 Å². The van der Waals surface area contributed by atoms with E-state index in [1.807, 2.05) is 6.07 Å². The number of amides is 1. The third-order valence-corrected chi connectivity index (χ3v) is 2.22. The summed E-state index contributed by atoms with van der Waals surface area (Å²) in [5.41, 5.74) is 0.454. The van der Waals surface area contributed by atoms with Crippen molar-refractivity contribution < 1.29 is 9.53 Å². The number of aromatic nitrogens is 2. The second kappa shape index (κ2) is 5.67. The van der Waals surface area contributed by atoms with Gasteiger partial charge in [0.1, 0.15) is 12.4 Å². The molecule has 5 heteroatoms. The van der Waals surface area contributed by atoms with Crippen molar-refractivity contribution in [3.05, 3.63) is 54.9 Å². The Morgan fingerprint density at radius 2 is 2.33 bits per heavy atom. The van der Waals surface area contributed by atoms with E-state index in [1.54, 1.807) is 36.7 Å². The molecule has 1 aromatic heterocycles. The monoisotopic (exact) mass is 243 g/mol. The molecule has 0 aliphatic carbocycles. The zero-order valence-corrected chi connectivity index (χ0v) is 9.72. The quantitative estimate of drug-likeness (QED) is 0.791. The summed E-state index contributed by atoms with van der Waals surface area (Å²) in [6, 6.07) is 7.01. The van der Waals surface area contributed by atoms with E-state index in [4.69, 9.17) is 4.74 Å². The summed E-state index contributed by atoms with van der Waals surface area (Å²) in [6.45, 7) is 3.92. The number of aromatic amines is 1. The van der Waals surface area contributed by atoms with Gasteiger partial charge in [0.25, 0.3) is 5.91 Å². The average molecular weight is 243 g/mol. The van der Waals surface area contributed by atoms with E-state index in [0.717, 1.165) is 0 Å². The number of hydrogen-bond donors (Lipinski definition) is 2. The minimum atomic E-state index is -0.274. The Balaban J connectivity index is 2.16. The van der Waals surface area contributed by atoms with Crippen molar-refractivity contribution in [2.75, 3.05) is 11.9 Å². The predicted molar refractivity (Wildman–Crippen MR) is 68.7 cm³/mol. The fraction of sp³-hybridized carbons (Fsp3) is 0.0769. The van der Waals surface area contributed by atoms with Crippen molar-refractivity contribution in [3.63, 3.8) is 0 Å². The second-order valence-electron chi connectivity index (χ2n) is 3.49. The number of H-pyrrole nitrogens is 1. The van der Waals surface area contributed by atoms with Crippen molar-refractivity contribution in [2.24, 2.45) is 0 Å². The molecule has 0 unspecified atom stereocenters. The second-order valence-corrected chi connectivity index (χ2v) is 3.49. The number of ether oxygens (including phenoxy) is 1. The first kappa shape index (κ1) is 11.9. The third kappa shape index (κ3) is 2.76. The summed E-state index contributed by atoms with van der Waals surface area (Å²) >= 11 is 0. The number of hydrogen-bond acceptors (Lipinski definition) is 3. The summed E-state index contributed by atoms with van der Waals surface area (Å²) < 4.78 is 5.42. The van der Waals surface area contributed by atoms with E-state index in [1.165, 1.54) is 0 Å². The smallest absolute Gasteiger partial charge is 0.261 e. The predicted octanol–water partition coefficient (Wildman–Crippen LogP) is 2.23. The van der Waals surface area contributed by atoms with Gasteiger partial charge in [-0.25, -0.2) is 4.98 Å². The summed E-state index contributed by atoms with van der Waals surface area (Å²) in [6.07, 6.45) is 4.83. The molecule has 5 nitrogen and oxygen atoms in total. The van der Waals surface area contributed by atoms with Crippen LogP contribution in [0.3, 0.4) is 0 Å². The maximum Gasteiger partial charge on any atom is 0.261 e. The minimum absolute atomic E-state index is 0.274.